The molecular weight excluding hydrogens is 248 g/mol. The van der Waals surface area contributed by atoms with Crippen molar-refractivity contribution in [3.05, 3.63) is 0 Å². The van der Waals surface area contributed by atoms with Crippen LogP contribution in [0.25, 0.3) is 0 Å². The van der Waals surface area contributed by atoms with Crippen LogP contribution in [-0.2, 0) is 13.3 Å². The normalized spacial score (nSPS) is 13.8. The van der Waals surface area contributed by atoms with Crippen LogP contribution in [0.3, 0.4) is 0 Å². The van der Waals surface area contributed by atoms with Crippen molar-refractivity contribution >= 4 is 8.80 Å². The van der Waals surface area contributed by atoms with Crippen molar-refractivity contribution in [2.45, 2.75) is 38.1 Å². The minimum Gasteiger partial charge on any atom is -0.377 e. The predicted molar refractivity (Wildman–Crippen MR) is 76.3 cm³/mol. The van der Waals surface area contributed by atoms with E-state index in [1.807, 2.05) is 0 Å². The SMILES string of the molecule is CO[Si](CC(CN)CCCCCCN)(OC)OC. The molecule has 1 atom stereocenters. The maximum absolute atomic E-state index is 5.82. The van der Waals surface area contributed by atoms with Gasteiger partial charge in [0, 0.05) is 27.4 Å². The third kappa shape index (κ3) is 6.82. The third-order valence-corrected chi connectivity index (χ3v) is 6.31. The first-order chi connectivity index (χ1) is 8.67. The van der Waals surface area contributed by atoms with E-state index in [9.17, 15) is 0 Å². The van der Waals surface area contributed by atoms with Gasteiger partial charge in [0.1, 0.15) is 0 Å². The second-order valence-corrected chi connectivity index (χ2v) is 7.59. The van der Waals surface area contributed by atoms with Gasteiger partial charge in [0.15, 0.2) is 0 Å². The van der Waals surface area contributed by atoms with Gasteiger partial charge in [-0.1, -0.05) is 19.3 Å². The monoisotopic (exact) mass is 278 g/mol. The van der Waals surface area contributed by atoms with Gasteiger partial charge in [-0.05, 0) is 31.8 Å². The molecular formula is C12H30N2O3Si. The fraction of sp³-hybridized carbons (Fsp3) is 1.00. The molecule has 0 bridgehead atoms. The average Bonchev–Trinajstić information content (AvgIpc) is 2.43. The summed E-state index contributed by atoms with van der Waals surface area (Å²) in [5.74, 6) is 0.411. The highest BCUT2D eigenvalue weighted by Crippen LogP contribution is 2.23. The van der Waals surface area contributed by atoms with Crippen LogP contribution in [0.5, 0.6) is 0 Å². The highest BCUT2D eigenvalue weighted by molar-refractivity contribution is 6.60. The molecule has 5 nitrogen and oxygen atoms in total. The zero-order valence-corrected chi connectivity index (χ0v) is 13.1. The maximum Gasteiger partial charge on any atom is 0.500 e. The number of hydrogen-bond acceptors (Lipinski definition) is 5. The van der Waals surface area contributed by atoms with Crippen molar-refractivity contribution in [3.63, 3.8) is 0 Å². The molecule has 0 amide bonds. The molecule has 4 N–H and O–H groups in total. The minimum absolute atomic E-state index is 0.411. The highest BCUT2D eigenvalue weighted by Gasteiger charge is 2.39. The zero-order chi connectivity index (χ0) is 13.9. The average molecular weight is 278 g/mol. The molecule has 0 aliphatic carbocycles. The summed E-state index contributed by atoms with van der Waals surface area (Å²) in [7, 11) is 2.46. The first-order valence-electron chi connectivity index (χ1n) is 6.73. The first kappa shape index (κ1) is 18.0. The molecule has 18 heavy (non-hydrogen) atoms. The van der Waals surface area contributed by atoms with Crippen LogP contribution in [0.1, 0.15) is 32.1 Å². The van der Waals surface area contributed by atoms with E-state index in [2.05, 4.69) is 0 Å². The number of rotatable bonds is 12. The predicted octanol–water partition coefficient (Wildman–Crippen LogP) is 1.35. The molecule has 0 saturated carbocycles. The molecule has 0 heterocycles. The molecule has 0 aliphatic rings. The lowest BCUT2D eigenvalue weighted by molar-refractivity contribution is 0.117. The van der Waals surface area contributed by atoms with E-state index in [1.54, 1.807) is 21.3 Å². The fourth-order valence-electron chi connectivity index (χ4n) is 2.09. The molecule has 0 aliphatic heterocycles. The Balaban J connectivity index is 4.00. The second kappa shape index (κ2) is 10.9. The Labute approximate surface area is 113 Å². The lowest BCUT2D eigenvalue weighted by atomic mass is 10.0. The fourth-order valence-corrected chi connectivity index (χ4v) is 4.17. The van der Waals surface area contributed by atoms with Crippen LogP contribution >= 0.6 is 0 Å². The summed E-state index contributed by atoms with van der Waals surface area (Å²) in [4.78, 5) is 0. The number of hydrogen-bond donors (Lipinski definition) is 2. The summed E-state index contributed by atoms with van der Waals surface area (Å²) >= 11 is 0. The van der Waals surface area contributed by atoms with E-state index in [-0.39, 0.29) is 0 Å². The van der Waals surface area contributed by atoms with Gasteiger partial charge >= 0.3 is 8.80 Å². The van der Waals surface area contributed by atoms with Crippen LogP contribution in [0, 0.1) is 5.92 Å². The summed E-state index contributed by atoms with van der Waals surface area (Å²) < 4.78 is 16.3. The van der Waals surface area contributed by atoms with E-state index in [1.165, 1.54) is 19.3 Å². The quantitative estimate of drug-likeness (QED) is 0.416. The Hall–Kier alpha value is 0.0169. The molecule has 0 fully saturated rings. The van der Waals surface area contributed by atoms with E-state index < -0.39 is 8.80 Å². The Kier molecular flexibility index (Phi) is 10.9. The molecule has 0 aromatic carbocycles. The summed E-state index contributed by atoms with van der Waals surface area (Å²) in [5.41, 5.74) is 11.3. The first-order valence-corrected chi connectivity index (χ1v) is 8.66. The highest BCUT2D eigenvalue weighted by atomic mass is 28.4. The summed E-state index contributed by atoms with van der Waals surface area (Å²) in [6, 6.07) is 0.796. The molecule has 1 unspecified atom stereocenters. The second-order valence-electron chi connectivity index (χ2n) is 4.59. The van der Waals surface area contributed by atoms with Gasteiger partial charge in [0.05, 0.1) is 0 Å². The van der Waals surface area contributed by atoms with Gasteiger partial charge in [-0.2, -0.15) is 0 Å². The standard InChI is InChI=1S/C12H30N2O3Si/c1-15-18(16-2,17-3)11-12(10-14)8-6-4-5-7-9-13/h12H,4-11,13-14H2,1-3H3. The molecule has 110 valence electrons. The van der Waals surface area contributed by atoms with Crippen molar-refractivity contribution in [2.24, 2.45) is 17.4 Å². The van der Waals surface area contributed by atoms with Gasteiger partial charge < -0.3 is 24.7 Å². The Morgan fingerprint density at radius 1 is 0.889 bits per heavy atom. The number of nitrogens with two attached hydrogens (primary N) is 2. The van der Waals surface area contributed by atoms with E-state index in [0.29, 0.717) is 12.5 Å². The van der Waals surface area contributed by atoms with Crippen LogP contribution in [0.15, 0.2) is 0 Å². The number of unbranched alkanes of at least 4 members (excludes halogenated alkanes) is 3. The van der Waals surface area contributed by atoms with Gasteiger partial charge in [0.25, 0.3) is 0 Å². The van der Waals surface area contributed by atoms with E-state index in [0.717, 1.165) is 25.4 Å². The molecule has 0 aromatic heterocycles. The molecule has 0 aromatic rings. The summed E-state index contributed by atoms with van der Waals surface area (Å²) in [5, 5.41) is 0. The summed E-state index contributed by atoms with van der Waals surface area (Å²) in [6.45, 7) is 1.44. The molecule has 0 spiro atoms. The smallest absolute Gasteiger partial charge is 0.377 e. The van der Waals surface area contributed by atoms with Gasteiger partial charge in [0.2, 0.25) is 0 Å². The molecule has 0 rings (SSSR count). The van der Waals surface area contributed by atoms with Crippen molar-refractivity contribution < 1.29 is 13.3 Å². The molecule has 0 saturated heterocycles. The third-order valence-electron chi connectivity index (χ3n) is 3.37. The van der Waals surface area contributed by atoms with E-state index in [4.69, 9.17) is 24.7 Å². The Morgan fingerprint density at radius 3 is 1.89 bits per heavy atom. The maximum atomic E-state index is 5.82. The molecule has 6 heteroatoms. The van der Waals surface area contributed by atoms with Gasteiger partial charge in [-0.25, -0.2) is 0 Å². The van der Waals surface area contributed by atoms with Crippen molar-refractivity contribution in [3.8, 4) is 0 Å². The van der Waals surface area contributed by atoms with Gasteiger partial charge in [-0.3, -0.25) is 0 Å². The van der Waals surface area contributed by atoms with Crippen LogP contribution in [0.4, 0.5) is 0 Å². The van der Waals surface area contributed by atoms with Crippen LogP contribution in [-0.4, -0.2) is 43.2 Å². The summed E-state index contributed by atoms with van der Waals surface area (Å²) in [6.07, 6.45) is 5.82. The van der Waals surface area contributed by atoms with Gasteiger partial charge in [-0.15, -0.1) is 0 Å². The van der Waals surface area contributed by atoms with Crippen molar-refractivity contribution in [2.75, 3.05) is 34.4 Å². The molecule has 0 radical (unpaired) electrons. The van der Waals surface area contributed by atoms with Crippen molar-refractivity contribution in [1.29, 1.82) is 0 Å². The zero-order valence-electron chi connectivity index (χ0n) is 12.1. The Morgan fingerprint density at radius 2 is 1.44 bits per heavy atom. The largest absolute Gasteiger partial charge is 0.500 e. The van der Waals surface area contributed by atoms with Crippen LogP contribution < -0.4 is 11.5 Å². The topological polar surface area (TPSA) is 79.7 Å². The van der Waals surface area contributed by atoms with Crippen molar-refractivity contribution in [1.82, 2.24) is 0 Å². The Bertz CT molecular complexity index is 184. The lowest BCUT2D eigenvalue weighted by Crippen LogP contribution is -2.45. The van der Waals surface area contributed by atoms with Crippen LogP contribution in [0.2, 0.25) is 6.04 Å². The minimum atomic E-state index is -2.48. The van der Waals surface area contributed by atoms with E-state index >= 15 is 0 Å². The lowest BCUT2D eigenvalue weighted by Gasteiger charge is -2.28.